The zero-order valence-corrected chi connectivity index (χ0v) is 7.60. The van der Waals surface area contributed by atoms with Gasteiger partial charge in [-0.25, -0.2) is 0 Å². The van der Waals surface area contributed by atoms with Crippen molar-refractivity contribution in [1.29, 1.82) is 0 Å². The average Bonchev–Trinajstić information content (AvgIpc) is 2.20. The Morgan fingerprint density at radius 1 is 1.20 bits per heavy atom. The van der Waals surface area contributed by atoms with E-state index in [0.29, 0.717) is 11.3 Å². The fourth-order valence-electron chi connectivity index (χ4n) is 2.76. The Bertz CT molecular complexity index is 183. The Morgan fingerprint density at radius 3 is 1.90 bits per heavy atom. The fraction of sp³-hybridized carbons (Fsp3) is 1.00. The molecule has 2 bridgehead atoms. The summed E-state index contributed by atoms with van der Waals surface area (Å²) in [5.74, 6) is 0.829. The first kappa shape index (κ1) is 6.91. The van der Waals surface area contributed by atoms with Gasteiger partial charge in [0.2, 0.25) is 0 Å². The molecule has 2 atom stereocenters. The second-order valence-corrected chi connectivity index (χ2v) is 7.91. The minimum atomic E-state index is -1.66. The monoisotopic (exact) mass is 158 g/mol. The van der Waals surface area contributed by atoms with Crippen LogP contribution in [0.1, 0.15) is 26.7 Å². The van der Waals surface area contributed by atoms with Gasteiger partial charge in [0.15, 0.2) is 0 Å². The lowest BCUT2D eigenvalue weighted by atomic mass is 10.0. The molecule has 0 unspecified atom stereocenters. The third-order valence-corrected chi connectivity index (χ3v) is 7.88. The predicted octanol–water partition coefficient (Wildman–Crippen LogP) is 2.55. The highest BCUT2D eigenvalue weighted by Crippen LogP contribution is 2.70. The van der Waals surface area contributed by atoms with E-state index in [0.717, 1.165) is 12.1 Å². The van der Waals surface area contributed by atoms with Gasteiger partial charge in [-0.15, -0.1) is 0 Å². The van der Waals surface area contributed by atoms with Crippen LogP contribution in [0.4, 0.5) is 0 Å². The van der Waals surface area contributed by atoms with E-state index in [4.69, 9.17) is 0 Å². The average molecular weight is 158 g/mol. The molecule has 2 rings (SSSR count). The molecule has 2 aliphatic heterocycles. The highest BCUT2D eigenvalue weighted by molar-refractivity contribution is 7.66. The number of fused-ring (bicyclic) bond motifs is 2. The Labute approximate surface area is 62.6 Å². The molecule has 2 heterocycles. The third kappa shape index (κ3) is 0.676. The van der Waals surface area contributed by atoms with Crippen molar-refractivity contribution >= 4 is 7.14 Å². The van der Waals surface area contributed by atoms with Crippen LogP contribution >= 0.6 is 7.14 Å². The molecule has 2 aliphatic rings. The van der Waals surface area contributed by atoms with Crippen LogP contribution in [-0.4, -0.2) is 17.5 Å². The molecular formula is C8H15OP. The van der Waals surface area contributed by atoms with Crippen molar-refractivity contribution < 1.29 is 4.57 Å². The Hall–Kier alpha value is 0.230. The van der Waals surface area contributed by atoms with E-state index in [2.05, 4.69) is 13.8 Å². The van der Waals surface area contributed by atoms with Gasteiger partial charge in [-0.1, -0.05) is 13.8 Å². The summed E-state index contributed by atoms with van der Waals surface area (Å²) in [7, 11) is -1.66. The standard InChI is InChI=1S/C8H15OP/c1-6-3-8-4-7(2)10(6,9)5-8/h6-8H,3-5H2,1-2H3/t6-,7-,8?,10?/m0/s1. The Balaban J connectivity index is 2.35. The van der Waals surface area contributed by atoms with E-state index < -0.39 is 7.14 Å². The molecule has 2 fully saturated rings. The molecule has 10 heavy (non-hydrogen) atoms. The highest BCUT2D eigenvalue weighted by Gasteiger charge is 2.50. The van der Waals surface area contributed by atoms with Crippen molar-refractivity contribution in [2.75, 3.05) is 6.16 Å². The second-order valence-electron chi connectivity index (χ2n) is 4.07. The van der Waals surface area contributed by atoms with Crippen molar-refractivity contribution in [3.05, 3.63) is 0 Å². The van der Waals surface area contributed by atoms with Gasteiger partial charge in [0.25, 0.3) is 0 Å². The van der Waals surface area contributed by atoms with E-state index in [1.807, 2.05) is 0 Å². The Kier molecular flexibility index (Phi) is 1.30. The van der Waals surface area contributed by atoms with Crippen LogP contribution in [0.5, 0.6) is 0 Å². The van der Waals surface area contributed by atoms with Crippen LogP contribution in [0.2, 0.25) is 0 Å². The van der Waals surface area contributed by atoms with Crippen molar-refractivity contribution in [3.8, 4) is 0 Å². The van der Waals surface area contributed by atoms with E-state index in [1.54, 1.807) is 0 Å². The molecule has 0 spiro atoms. The summed E-state index contributed by atoms with van der Waals surface area (Å²) < 4.78 is 12.1. The molecule has 0 aliphatic carbocycles. The summed E-state index contributed by atoms with van der Waals surface area (Å²) in [6.07, 6.45) is 3.58. The zero-order valence-electron chi connectivity index (χ0n) is 6.71. The number of hydrogen-bond donors (Lipinski definition) is 0. The van der Waals surface area contributed by atoms with Crippen LogP contribution in [0.3, 0.4) is 0 Å². The first-order valence-corrected chi connectivity index (χ1v) is 6.24. The van der Waals surface area contributed by atoms with Gasteiger partial charge in [0.05, 0.1) is 7.14 Å². The third-order valence-electron chi connectivity index (χ3n) is 3.38. The van der Waals surface area contributed by atoms with Gasteiger partial charge in [-0.3, -0.25) is 0 Å². The number of hydrogen-bond acceptors (Lipinski definition) is 1. The first-order chi connectivity index (χ1) is 4.63. The molecule has 0 aromatic rings. The zero-order chi connectivity index (χ0) is 7.35. The predicted molar refractivity (Wildman–Crippen MR) is 44.1 cm³/mol. The van der Waals surface area contributed by atoms with Gasteiger partial charge in [0, 0.05) is 17.5 Å². The molecule has 0 N–H and O–H groups in total. The topological polar surface area (TPSA) is 17.1 Å². The summed E-state index contributed by atoms with van der Waals surface area (Å²) in [5, 5.41) is 0. The number of rotatable bonds is 0. The molecule has 2 heteroatoms. The van der Waals surface area contributed by atoms with Crippen molar-refractivity contribution in [1.82, 2.24) is 0 Å². The quantitative estimate of drug-likeness (QED) is 0.495. The summed E-state index contributed by atoms with van der Waals surface area (Å²) in [6.45, 7) is 4.35. The molecule has 58 valence electrons. The van der Waals surface area contributed by atoms with Crippen molar-refractivity contribution in [2.45, 2.75) is 38.0 Å². The maximum Gasteiger partial charge on any atom is 0.0933 e. The second kappa shape index (κ2) is 1.88. The van der Waals surface area contributed by atoms with Crippen molar-refractivity contribution in [2.24, 2.45) is 5.92 Å². The molecule has 0 radical (unpaired) electrons. The molecular weight excluding hydrogens is 143 g/mol. The maximum absolute atomic E-state index is 12.1. The molecule has 0 aromatic carbocycles. The maximum atomic E-state index is 12.1. The minimum absolute atomic E-state index is 0.557. The fourth-order valence-corrected chi connectivity index (χ4v) is 6.77. The van der Waals surface area contributed by atoms with E-state index >= 15 is 0 Å². The molecule has 0 aromatic heterocycles. The highest BCUT2D eigenvalue weighted by atomic mass is 31.2. The van der Waals surface area contributed by atoms with Crippen molar-refractivity contribution in [3.63, 3.8) is 0 Å². The van der Waals surface area contributed by atoms with Crippen LogP contribution in [0.25, 0.3) is 0 Å². The summed E-state index contributed by atoms with van der Waals surface area (Å²) in [4.78, 5) is 0. The minimum Gasteiger partial charge on any atom is -0.323 e. The van der Waals surface area contributed by atoms with Crippen LogP contribution in [0.15, 0.2) is 0 Å². The van der Waals surface area contributed by atoms with Gasteiger partial charge < -0.3 is 4.57 Å². The van der Waals surface area contributed by atoms with E-state index in [9.17, 15) is 4.57 Å². The van der Waals surface area contributed by atoms with Gasteiger partial charge in [0.1, 0.15) is 0 Å². The lowest BCUT2D eigenvalue weighted by molar-refractivity contribution is 0.502. The molecule has 1 nitrogen and oxygen atoms in total. The van der Waals surface area contributed by atoms with E-state index in [-0.39, 0.29) is 0 Å². The smallest absolute Gasteiger partial charge is 0.0933 e. The van der Waals surface area contributed by atoms with Gasteiger partial charge in [-0.2, -0.15) is 0 Å². The molecule has 2 saturated heterocycles. The van der Waals surface area contributed by atoms with Crippen LogP contribution in [0, 0.1) is 5.92 Å². The lowest BCUT2D eigenvalue weighted by Crippen LogP contribution is -2.13. The summed E-state index contributed by atoms with van der Waals surface area (Å²) >= 11 is 0. The summed E-state index contributed by atoms with van der Waals surface area (Å²) in [6, 6.07) is 0. The lowest BCUT2D eigenvalue weighted by Gasteiger charge is -2.23. The van der Waals surface area contributed by atoms with E-state index in [1.165, 1.54) is 12.8 Å². The molecule has 0 saturated carbocycles. The molecule has 0 amide bonds. The SMILES string of the molecule is C[C@H]1CC2C[C@H](C)P1(=O)C2. The normalized spacial score (nSPS) is 59.6. The Morgan fingerprint density at radius 2 is 1.70 bits per heavy atom. The van der Waals surface area contributed by atoms with Gasteiger partial charge in [-0.05, 0) is 18.8 Å². The van der Waals surface area contributed by atoms with Crippen LogP contribution < -0.4 is 0 Å². The summed E-state index contributed by atoms with van der Waals surface area (Å²) in [5.41, 5.74) is 1.11. The van der Waals surface area contributed by atoms with Gasteiger partial charge >= 0.3 is 0 Å². The largest absolute Gasteiger partial charge is 0.323 e. The van der Waals surface area contributed by atoms with Crippen LogP contribution in [-0.2, 0) is 4.57 Å². The first-order valence-electron chi connectivity index (χ1n) is 4.21.